The van der Waals surface area contributed by atoms with Gasteiger partial charge in [-0.25, -0.2) is 4.39 Å². The van der Waals surface area contributed by atoms with Crippen molar-refractivity contribution in [2.45, 2.75) is 125 Å². The summed E-state index contributed by atoms with van der Waals surface area (Å²) in [7, 11) is 1.92. The SMILES string of the molecule is CN=C(N1C=CC=C(Oc2cccc(C)c2C)C12CC2c1cc(Oc2ccc(F)cc2)c2nnc(C34CCC(O)(CC3)CC4)n2c1)C12CCC(O)(CC1)CC2. The molecule has 0 saturated heterocycles. The number of rotatable bonds is 7. The molecule has 7 aliphatic carbocycles. The third-order valence-electron chi connectivity index (χ3n) is 14.8. The second-order valence-electron chi connectivity index (χ2n) is 17.7. The summed E-state index contributed by atoms with van der Waals surface area (Å²) in [6, 6.07) is 14.4. The maximum absolute atomic E-state index is 14.0. The monoisotopic (exact) mass is 743 g/mol. The normalized spacial score (nSPS) is 33.7. The van der Waals surface area contributed by atoms with Gasteiger partial charge in [0.05, 0.1) is 11.2 Å². The van der Waals surface area contributed by atoms with Crippen molar-refractivity contribution in [3.05, 3.63) is 107 Å². The van der Waals surface area contributed by atoms with Crippen LogP contribution in [0.15, 0.2) is 83.8 Å². The number of aromatic nitrogens is 3. The molecule has 2 aromatic carbocycles. The number of amidine groups is 1. The van der Waals surface area contributed by atoms with Crippen LogP contribution < -0.4 is 9.47 Å². The van der Waals surface area contributed by atoms with Crippen LogP contribution in [0.1, 0.15) is 112 Å². The minimum atomic E-state index is -0.575. The van der Waals surface area contributed by atoms with Crippen LogP contribution in [0.25, 0.3) is 5.65 Å². The zero-order chi connectivity index (χ0) is 37.8. The average Bonchev–Trinajstić information content (AvgIpc) is 3.77. The van der Waals surface area contributed by atoms with Gasteiger partial charge in [0, 0.05) is 36.2 Å². The van der Waals surface area contributed by atoms with E-state index in [-0.39, 0.29) is 22.6 Å². The van der Waals surface area contributed by atoms with E-state index in [1.807, 2.05) is 19.2 Å². The highest BCUT2D eigenvalue weighted by Crippen LogP contribution is 2.64. The Morgan fingerprint density at radius 3 is 2.18 bits per heavy atom. The number of allylic oxidation sites excluding steroid dienone is 2. The van der Waals surface area contributed by atoms with Crippen LogP contribution in [-0.4, -0.2) is 59.3 Å². The van der Waals surface area contributed by atoms with Crippen LogP contribution in [0, 0.1) is 25.1 Å². The number of pyridine rings is 1. The Morgan fingerprint density at radius 1 is 0.836 bits per heavy atom. The molecule has 7 saturated carbocycles. The lowest BCUT2D eigenvalue weighted by Gasteiger charge is -2.54. The first-order valence-corrected chi connectivity index (χ1v) is 20.2. The Labute approximate surface area is 321 Å². The van der Waals surface area contributed by atoms with Crippen molar-refractivity contribution >= 4 is 11.5 Å². The fourth-order valence-corrected chi connectivity index (χ4v) is 11.0. The van der Waals surface area contributed by atoms with E-state index in [2.05, 4.69) is 59.8 Å². The fraction of sp³-hybridized carbons (Fsp3) is 0.489. The molecule has 2 aromatic heterocycles. The summed E-state index contributed by atoms with van der Waals surface area (Å²) in [6.07, 6.45) is 19.3. The molecule has 2 unspecified atom stereocenters. The number of benzene rings is 2. The van der Waals surface area contributed by atoms with Gasteiger partial charge in [0.15, 0.2) is 5.75 Å². The summed E-state index contributed by atoms with van der Waals surface area (Å²) in [5.74, 6) is 4.43. The molecule has 1 spiro atoms. The number of hydrogen-bond donors (Lipinski definition) is 2. The molecule has 2 N–H and O–H groups in total. The van der Waals surface area contributed by atoms with Gasteiger partial charge < -0.3 is 24.6 Å². The first-order valence-electron chi connectivity index (χ1n) is 20.2. The highest BCUT2D eigenvalue weighted by atomic mass is 19.1. The van der Waals surface area contributed by atoms with E-state index in [0.29, 0.717) is 17.1 Å². The first-order chi connectivity index (χ1) is 26.5. The van der Waals surface area contributed by atoms with Gasteiger partial charge in [-0.05, 0) is 163 Å². The Hall–Kier alpha value is -4.54. The molecule has 4 aromatic rings. The smallest absolute Gasteiger partial charge is 0.203 e. The van der Waals surface area contributed by atoms with Crippen LogP contribution in [-0.2, 0) is 5.41 Å². The molecule has 2 atom stereocenters. The van der Waals surface area contributed by atoms with Gasteiger partial charge in [0.2, 0.25) is 5.65 Å². The number of aliphatic hydroxyl groups is 2. The second-order valence-corrected chi connectivity index (χ2v) is 17.7. The van der Waals surface area contributed by atoms with Crippen LogP contribution >= 0.6 is 0 Å². The molecular weight excluding hydrogens is 694 g/mol. The van der Waals surface area contributed by atoms with Gasteiger partial charge in [0.1, 0.15) is 40.3 Å². The van der Waals surface area contributed by atoms with Crippen molar-refractivity contribution in [2.75, 3.05) is 7.05 Å². The van der Waals surface area contributed by atoms with Crippen LogP contribution in [0.4, 0.5) is 4.39 Å². The van der Waals surface area contributed by atoms with Gasteiger partial charge in [-0.1, -0.05) is 12.1 Å². The molecule has 0 radical (unpaired) electrons. The molecule has 12 rings (SSSR count). The van der Waals surface area contributed by atoms with Crippen LogP contribution in [0.3, 0.4) is 0 Å². The molecule has 55 heavy (non-hydrogen) atoms. The summed E-state index contributed by atoms with van der Waals surface area (Å²) in [4.78, 5) is 7.53. The summed E-state index contributed by atoms with van der Waals surface area (Å²) in [5, 5.41) is 31.9. The van der Waals surface area contributed by atoms with E-state index in [1.54, 1.807) is 12.1 Å². The van der Waals surface area contributed by atoms with Gasteiger partial charge in [-0.2, -0.15) is 0 Å². The summed E-state index contributed by atoms with van der Waals surface area (Å²) in [6.45, 7) is 4.22. The maximum Gasteiger partial charge on any atom is 0.203 e. The number of aliphatic imine (C=N–C) groups is 1. The zero-order valence-electron chi connectivity index (χ0n) is 32.0. The lowest BCUT2D eigenvalue weighted by Crippen LogP contribution is -2.56. The zero-order valence-corrected chi connectivity index (χ0v) is 32.0. The summed E-state index contributed by atoms with van der Waals surface area (Å²) < 4.78 is 29.8. The van der Waals surface area contributed by atoms with Gasteiger partial charge >= 0.3 is 0 Å². The standard InChI is InChI=1S/C45H50FN5O4/c1-29-6-4-7-35(30(29)2)55-37-8-5-25-51(39(47-3)41-13-19-43(52,20-14-41)21-15-41)45(37)27-34(45)31-26-36(54-33-11-9-32(46)10-12-33)38-48-49-40(50(38)28-31)42-16-22-44(53,23-17-42)24-18-42/h4-12,25-26,28,34,52-53H,13-24,27H2,1-3H3. The Balaban J connectivity index is 1.11. The van der Waals surface area contributed by atoms with Crippen molar-refractivity contribution in [2.24, 2.45) is 10.4 Å². The van der Waals surface area contributed by atoms with E-state index in [0.717, 1.165) is 118 Å². The predicted octanol–water partition coefficient (Wildman–Crippen LogP) is 8.75. The van der Waals surface area contributed by atoms with Crippen molar-refractivity contribution in [1.82, 2.24) is 19.5 Å². The summed E-state index contributed by atoms with van der Waals surface area (Å²) >= 11 is 0. The quantitative estimate of drug-likeness (QED) is 0.144. The third-order valence-corrected chi connectivity index (χ3v) is 14.8. The van der Waals surface area contributed by atoms with Crippen molar-refractivity contribution in [3.8, 4) is 17.2 Å². The van der Waals surface area contributed by atoms with Gasteiger partial charge in [-0.15, -0.1) is 10.2 Å². The van der Waals surface area contributed by atoms with E-state index in [1.165, 1.54) is 17.7 Å². The van der Waals surface area contributed by atoms with Crippen LogP contribution in [0.2, 0.25) is 0 Å². The van der Waals surface area contributed by atoms with Crippen molar-refractivity contribution in [3.63, 3.8) is 0 Å². The molecule has 9 nitrogen and oxygen atoms in total. The number of aryl methyl sites for hydroxylation is 1. The van der Waals surface area contributed by atoms with Gasteiger partial charge in [-0.3, -0.25) is 9.39 Å². The van der Waals surface area contributed by atoms with Crippen LogP contribution in [0.5, 0.6) is 17.2 Å². The average molecular weight is 744 g/mol. The molecule has 286 valence electrons. The third kappa shape index (κ3) is 5.41. The number of halogens is 1. The molecular formula is C45H50FN5O4. The van der Waals surface area contributed by atoms with E-state index < -0.39 is 16.7 Å². The largest absolute Gasteiger partial charge is 0.459 e. The minimum absolute atomic E-state index is 0.0124. The number of hydrogen-bond acceptors (Lipinski definition) is 7. The molecule has 0 amide bonds. The summed E-state index contributed by atoms with van der Waals surface area (Å²) in [5.41, 5.74) is 1.95. The highest BCUT2D eigenvalue weighted by Gasteiger charge is 2.66. The Morgan fingerprint density at radius 2 is 1.51 bits per heavy atom. The minimum Gasteiger partial charge on any atom is -0.459 e. The molecule has 7 fully saturated rings. The second kappa shape index (κ2) is 12.2. The van der Waals surface area contributed by atoms with Gasteiger partial charge in [0.25, 0.3) is 0 Å². The fourth-order valence-electron chi connectivity index (χ4n) is 11.0. The molecule has 10 heteroatoms. The Bertz CT molecular complexity index is 2240. The molecule has 8 aliphatic rings. The Kier molecular flexibility index (Phi) is 7.76. The topological polar surface area (TPSA) is 105 Å². The van der Waals surface area contributed by atoms with E-state index in [9.17, 15) is 14.6 Å². The van der Waals surface area contributed by atoms with Crippen molar-refractivity contribution in [1.29, 1.82) is 0 Å². The van der Waals surface area contributed by atoms with E-state index >= 15 is 0 Å². The number of ether oxygens (including phenoxy) is 2. The lowest BCUT2D eigenvalue weighted by molar-refractivity contribution is -0.0728. The predicted molar refractivity (Wildman–Crippen MR) is 208 cm³/mol. The van der Waals surface area contributed by atoms with Crippen molar-refractivity contribution < 1.29 is 24.1 Å². The molecule has 3 heterocycles. The van der Waals surface area contributed by atoms with E-state index in [4.69, 9.17) is 24.7 Å². The molecule has 1 aliphatic heterocycles. The maximum atomic E-state index is 14.0. The molecule has 4 bridgehead atoms. The highest BCUT2D eigenvalue weighted by molar-refractivity contribution is 5.91. The first kappa shape index (κ1) is 34.9. The number of fused-ring (bicyclic) bond motifs is 7. The number of nitrogens with zero attached hydrogens (tertiary/aromatic N) is 5. The lowest BCUT2D eigenvalue weighted by atomic mass is 9.57.